The molecule has 0 aliphatic carbocycles. The maximum atomic E-state index is 12.7. The van der Waals surface area contributed by atoms with Crippen molar-refractivity contribution in [3.05, 3.63) is 64.3 Å². The second-order valence-electron chi connectivity index (χ2n) is 6.67. The molecule has 33 heavy (non-hydrogen) atoms. The minimum Gasteiger partial charge on any atom is -0.325 e. The van der Waals surface area contributed by atoms with Crippen molar-refractivity contribution in [1.29, 1.82) is 0 Å². The summed E-state index contributed by atoms with van der Waals surface area (Å²) < 4.78 is 38.1. The summed E-state index contributed by atoms with van der Waals surface area (Å²) in [7, 11) is 0. The number of carbonyl (C=O) groups is 1. The van der Waals surface area contributed by atoms with E-state index in [4.69, 9.17) is 23.2 Å². The zero-order chi connectivity index (χ0) is 23.6. The van der Waals surface area contributed by atoms with E-state index in [1.807, 2.05) is 5.10 Å². The molecule has 0 saturated carbocycles. The maximum absolute atomic E-state index is 12.7. The van der Waals surface area contributed by atoms with Crippen molar-refractivity contribution in [2.24, 2.45) is 0 Å². The maximum Gasteiger partial charge on any atom is 0.432 e. The number of amides is 1. The fourth-order valence-corrected chi connectivity index (χ4v) is 3.88. The Bertz CT molecular complexity index is 1290. The highest BCUT2D eigenvalue weighted by Gasteiger charge is 2.33. The molecule has 1 amide bonds. The second-order valence-corrected chi connectivity index (χ2v) is 8.46. The smallest absolute Gasteiger partial charge is 0.325 e. The van der Waals surface area contributed by atoms with Crippen LogP contribution in [0.25, 0.3) is 22.6 Å². The number of aromatic nitrogens is 5. The Labute approximate surface area is 199 Å². The van der Waals surface area contributed by atoms with E-state index in [1.54, 1.807) is 42.5 Å². The van der Waals surface area contributed by atoms with Gasteiger partial charge in [-0.25, -0.2) is 4.98 Å². The molecule has 2 aromatic carbocycles. The number of rotatable bonds is 6. The lowest BCUT2D eigenvalue weighted by Crippen LogP contribution is -2.14. The van der Waals surface area contributed by atoms with Crippen molar-refractivity contribution in [3.63, 3.8) is 0 Å². The predicted octanol–water partition coefficient (Wildman–Crippen LogP) is 5.92. The molecule has 4 rings (SSSR count). The van der Waals surface area contributed by atoms with Gasteiger partial charge < -0.3 is 5.32 Å². The highest BCUT2D eigenvalue weighted by molar-refractivity contribution is 7.99. The Kier molecular flexibility index (Phi) is 6.63. The normalized spacial score (nSPS) is 11.5. The summed E-state index contributed by atoms with van der Waals surface area (Å²) in [4.78, 5) is 16.6. The van der Waals surface area contributed by atoms with Gasteiger partial charge in [0, 0.05) is 21.8 Å². The van der Waals surface area contributed by atoms with E-state index in [0.29, 0.717) is 37.8 Å². The number of carbonyl (C=O) groups excluding carboxylic acids is 1. The number of H-pyrrole nitrogens is 2. The molecular weight excluding hydrogens is 500 g/mol. The minimum absolute atomic E-state index is 0.0434. The molecule has 7 nitrogen and oxygen atoms in total. The number of alkyl halides is 3. The van der Waals surface area contributed by atoms with Gasteiger partial charge in [-0.3, -0.25) is 15.0 Å². The summed E-state index contributed by atoms with van der Waals surface area (Å²) in [5.74, 6) is 0.187. The van der Waals surface area contributed by atoms with Crippen LogP contribution in [0, 0.1) is 0 Å². The van der Waals surface area contributed by atoms with E-state index in [0.717, 1.165) is 17.8 Å². The fraction of sp³-hybridized carbons (Fsp3) is 0.100. The lowest BCUT2D eigenvalue weighted by atomic mass is 10.1. The molecule has 4 aromatic rings. The molecule has 0 saturated heterocycles. The zero-order valence-corrected chi connectivity index (χ0v) is 18.7. The summed E-state index contributed by atoms with van der Waals surface area (Å²) in [6.45, 7) is 0. The molecule has 0 aliphatic rings. The van der Waals surface area contributed by atoms with E-state index in [9.17, 15) is 18.0 Å². The second kappa shape index (κ2) is 9.46. The van der Waals surface area contributed by atoms with E-state index in [1.165, 1.54) is 0 Å². The highest BCUT2D eigenvalue weighted by atomic mass is 35.5. The summed E-state index contributed by atoms with van der Waals surface area (Å²) >= 11 is 13.2. The van der Waals surface area contributed by atoms with Gasteiger partial charge in [-0.05, 0) is 36.4 Å². The van der Waals surface area contributed by atoms with Gasteiger partial charge in [0.1, 0.15) is 5.69 Å². The number of anilines is 1. The first-order valence-electron chi connectivity index (χ1n) is 9.22. The van der Waals surface area contributed by atoms with Gasteiger partial charge in [0.25, 0.3) is 0 Å². The standard InChI is InChI=1S/C20H13Cl2F3N6OS/c21-11-3-6-13(14(22)7-11)18-27-19(31-30-18)33-9-17(32)26-12-4-1-10(2-5-12)15-8-16(29-28-15)20(23,24)25/h1-8H,9H2,(H,26,32)(H,28,29)(H,27,30,31). The van der Waals surface area contributed by atoms with Crippen molar-refractivity contribution in [2.75, 3.05) is 11.1 Å². The zero-order valence-electron chi connectivity index (χ0n) is 16.4. The first-order chi connectivity index (χ1) is 15.7. The Hall–Kier alpha value is -3.02. The Morgan fingerprint density at radius 2 is 1.79 bits per heavy atom. The number of halogens is 5. The van der Waals surface area contributed by atoms with Crippen LogP contribution in [0.4, 0.5) is 18.9 Å². The third kappa shape index (κ3) is 5.67. The molecule has 2 aromatic heterocycles. The minimum atomic E-state index is -4.50. The summed E-state index contributed by atoms with van der Waals surface area (Å²) in [6, 6.07) is 12.2. The van der Waals surface area contributed by atoms with Gasteiger partial charge in [-0.15, -0.1) is 5.10 Å². The van der Waals surface area contributed by atoms with E-state index in [2.05, 4.69) is 25.6 Å². The lowest BCUT2D eigenvalue weighted by Gasteiger charge is -2.05. The van der Waals surface area contributed by atoms with Gasteiger partial charge in [0.2, 0.25) is 11.1 Å². The molecule has 2 heterocycles. The first kappa shape index (κ1) is 23.1. The predicted molar refractivity (Wildman–Crippen MR) is 120 cm³/mol. The highest BCUT2D eigenvalue weighted by Crippen LogP contribution is 2.31. The van der Waals surface area contributed by atoms with Crippen LogP contribution >= 0.6 is 35.0 Å². The Morgan fingerprint density at radius 1 is 1.03 bits per heavy atom. The quantitative estimate of drug-likeness (QED) is 0.278. The molecule has 0 atom stereocenters. The molecule has 3 N–H and O–H groups in total. The molecular formula is C20H13Cl2F3N6OS. The van der Waals surface area contributed by atoms with Crippen molar-refractivity contribution < 1.29 is 18.0 Å². The van der Waals surface area contributed by atoms with Crippen molar-refractivity contribution in [3.8, 4) is 22.6 Å². The average molecular weight is 513 g/mol. The summed E-state index contributed by atoms with van der Waals surface area (Å²) in [5.41, 5.74) is 0.810. The molecule has 0 spiro atoms. The van der Waals surface area contributed by atoms with Gasteiger partial charge in [0.05, 0.1) is 16.5 Å². The molecule has 0 unspecified atom stereocenters. The summed E-state index contributed by atoms with van der Waals surface area (Å²) in [5, 5.41) is 16.5. The van der Waals surface area contributed by atoms with Gasteiger partial charge in [-0.1, -0.05) is 47.1 Å². The lowest BCUT2D eigenvalue weighted by molar-refractivity contribution is -0.141. The van der Waals surface area contributed by atoms with Crippen LogP contribution in [0.1, 0.15) is 5.69 Å². The van der Waals surface area contributed by atoms with Crippen LogP contribution in [-0.2, 0) is 11.0 Å². The molecule has 0 radical (unpaired) electrons. The number of nitrogens with one attached hydrogen (secondary N) is 3. The summed E-state index contributed by atoms with van der Waals surface area (Å²) in [6.07, 6.45) is -4.50. The Morgan fingerprint density at radius 3 is 2.45 bits per heavy atom. The van der Waals surface area contributed by atoms with Crippen LogP contribution in [0.15, 0.2) is 53.7 Å². The largest absolute Gasteiger partial charge is 0.432 e. The molecule has 0 fully saturated rings. The number of thioether (sulfide) groups is 1. The third-order valence-electron chi connectivity index (χ3n) is 4.33. The van der Waals surface area contributed by atoms with Gasteiger partial charge in [0.15, 0.2) is 5.82 Å². The van der Waals surface area contributed by atoms with E-state index < -0.39 is 11.9 Å². The van der Waals surface area contributed by atoms with E-state index in [-0.39, 0.29) is 17.4 Å². The van der Waals surface area contributed by atoms with Gasteiger partial charge >= 0.3 is 6.18 Å². The van der Waals surface area contributed by atoms with Crippen molar-refractivity contribution in [2.45, 2.75) is 11.3 Å². The van der Waals surface area contributed by atoms with Crippen molar-refractivity contribution in [1.82, 2.24) is 25.4 Å². The Balaban J connectivity index is 1.33. The average Bonchev–Trinajstić information content (AvgIpc) is 3.43. The van der Waals surface area contributed by atoms with E-state index >= 15 is 0 Å². The molecule has 170 valence electrons. The fourth-order valence-electron chi connectivity index (χ4n) is 2.78. The first-order valence-corrected chi connectivity index (χ1v) is 11.0. The van der Waals surface area contributed by atoms with Gasteiger partial charge in [-0.2, -0.15) is 18.3 Å². The van der Waals surface area contributed by atoms with Crippen LogP contribution in [-0.4, -0.2) is 37.0 Å². The number of benzene rings is 2. The topological polar surface area (TPSA) is 99.4 Å². The number of hydrogen-bond acceptors (Lipinski definition) is 5. The molecule has 13 heteroatoms. The molecule has 0 aliphatic heterocycles. The van der Waals surface area contributed by atoms with Crippen LogP contribution < -0.4 is 5.32 Å². The monoisotopic (exact) mass is 512 g/mol. The SMILES string of the molecule is O=C(CSc1n[nH]c(-c2ccc(Cl)cc2Cl)n1)Nc1ccc(-c2cc(C(F)(F)F)[nH]n2)cc1. The third-order valence-corrected chi connectivity index (χ3v) is 5.73. The van der Waals surface area contributed by atoms with Crippen LogP contribution in [0.5, 0.6) is 0 Å². The number of hydrogen-bond donors (Lipinski definition) is 3. The number of aromatic amines is 2. The van der Waals surface area contributed by atoms with Crippen LogP contribution in [0.2, 0.25) is 10.0 Å². The van der Waals surface area contributed by atoms with Crippen LogP contribution in [0.3, 0.4) is 0 Å². The number of nitrogens with zero attached hydrogens (tertiary/aromatic N) is 3. The van der Waals surface area contributed by atoms with Crippen molar-refractivity contribution >= 4 is 46.6 Å². The molecule has 0 bridgehead atoms.